The molecule has 3 aromatic heterocycles. The van der Waals surface area contributed by atoms with Gasteiger partial charge in [0.25, 0.3) is 0 Å². The maximum absolute atomic E-state index is 4.55. The van der Waals surface area contributed by atoms with E-state index in [-0.39, 0.29) is 6.04 Å². The fourth-order valence-electron chi connectivity index (χ4n) is 2.28. The molecule has 1 N–H and O–H groups in total. The summed E-state index contributed by atoms with van der Waals surface area (Å²) in [6, 6.07) is 12.1. The van der Waals surface area contributed by atoms with Crippen LogP contribution in [0.4, 0.5) is 5.82 Å². The van der Waals surface area contributed by atoms with Crippen LogP contribution in [-0.4, -0.2) is 19.7 Å². The Hall–Kier alpha value is -2.69. The van der Waals surface area contributed by atoms with Crippen molar-refractivity contribution < 1.29 is 0 Å². The van der Waals surface area contributed by atoms with Gasteiger partial charge >= 0.3 is 0 Å². The third kappa shape index (κ3) is 3.69. The van der Waals surface area contributed by atoms with Crippen molar-refractivity contribution in [2.75, 3.05) is 5.32 Å². The van der Waals surface area contributed by atoms with Gasteiger partial charge in [0.15, 0.2) is 0 Å². The first kappa shape index (κ1) is 14.3. The molecule has 0 fully saturated rings. The Kier molecular flexibility index (Phi) is 4.44. The zero-order chi connectivity index (χ0) is 15.2. The average Bonchev–Trinajstić information content (AvgIpc) is 3.02. The van der Waals surface area contributed by atoms with E-state index in [9.17, 15) is 0 Å². The summed E-state index contributed by atoms with van der Waals surface area (Å²) in [5.41, 5.74) is 2.27. The number of nitrogens with zero attached hydrogens (tertiary/aromatic N) is 4. The molecular formula is C17H19N5. The molecule has 112 valence electrons. The molecule has 0 bridgehead atoms. The Labute approximate surface area is 130 Å². The smallest absolute Gasteiger partial charge is 0.148 e. The predicted octanol–water partition coefficient (Wildman–Crippen LogP) is 3.09. The van der Waals surface area contributed by atoms with Crippen LogP contribution in [-0.2, 0) is 13.0 Å². The second-order valence-electron chi connectivity index (χ2n) is 5.19. The van der Waals surface area contributed by atoms with Gasteiger partial charge in [-0.3, -0.25) is 14.6 Å². The van der Waals surface area contributed by atoms with Gasteiger partial charge in [-0.1, -0.05) is 6.07 Å². The summed E-state index contributed by atoms with van der Waals surface area (Å²) in [6.45, 7) is 2.93. The zero-order valence-electron chi connectivity index (χ0n) is 12.6. The van der Waals surface area contributed by atoms with Gasteiger partial charge in [0.1, 0.15) is 5.82 Å². The van der Waals surface area contributed by atoms with Gasteiger partial charge in [-0.25, -0.2) is 0 Å². The van der Waals surface area contributed by atoms with Crippen LogP contribution in [0.3, 0.4) is 0 Å². The van der Waals surface area contributed by atoms with Crippen LogP contribution in [0.15, 0.2) is 61.2 Å². The summed E-state index contributed by atoms with van der Waals surface area (Å²) < 4.78 is 1.95. The molecule has 0 unspecified atom stereocenters. The summed E-state index contributed by atoms with van der Waals surface area (Å²) in [5, 5.41) is 7.93. The number of aromatic nitrogens is 4. The van der Waals surface area contributed by atoms with Crippen molar-refractivity contribution in [3.63, 3.8) is 0 Å². The van der Waals surface area contributed by atoms with Crippen molar-refractivity contribution in [2.45, 2.75) is 25.9 Å². The van der Waals surface area contributed by atoms with Crippen LogP contribution in [0.1, 0.15) is 24.2 Å². The third-order valence-corrected chi connectivity index (χ3v) is 3.52. The monoisotopic (exact) mass is 293 g/mol. The summed E-state index contributed by atoms with van der Waals surface area (Å²) in [6.07, 6.45) is 8.38. The second kappa shape index (κ2) is 6.85. The van der Waals surface area contributed by atoms with Gasteiger partial charge in [-0.15, -0.1) is 0 Å². The first-order chi connectivity index (χ1) is 10.8. The molecule has 3 aromatic rings. The Morgan fingerprint density at radius 3 is 2.73 bits per heavy atom. The predicted molar refractivity (Wildman–Crippen MR) is 86.4 cm³/mol. The Balaban J connectivity index is 1.57. The van der Waals surface area contributed by atoms with Gasteiger partial charge in [-0.2, -0.15) is 5.10 Å². The minimum Gasteiger partial charge on any atom is -0.361 e. The number of anilines is 1. The number of hydrogen-bond donors (Lipinski definition) is 1. The third-order valence-electron chi connectivity index (χ3n) is 3.52. The highest BCUT2D eigenvalue weighted by atomic mass is 15.3. The minimum absolute atomic E-state index is 0.129. The number of rotatable bonds is 6. The Morgan fingerprint density at radius 2 is 1.95 bits per heavy atom. The molecule has 0 saturated heterocycles. The van der Waals surface area contributed by atoms with Gasteiger partial charge in [0.05, 0.1) is 11.7 Å². The molecule has 3 rings (SSSR count). The van der Waals surface area contributed by atoms with Crippen molar-refractivity contribution >= 4 is 5.82 Å². The Morgan fingerprint density at radius 1 is 1.09 bits per heavy atom. The first-order valence-electron chi connectivity index (χ1n) is 7.41. The van der Waals surface area contributed by atoms with E-state index in [4.69, 9.17) is 0 Å². The topological polar surface area (TPSA) is 55.6 Å². The van der Waals surface area contributed by atoms with Crippen molar-refractivity contribution in [2.24, 2.45) is 0 Å². The molecule has 0 saturated carbocycles. The highest BCUT2D eigenvalue weighted by Gasteiger charge is 2.07. The second-order valence-corrected chi connectivity index (χ2v) is 5.19. The van der Waals surface area contributed by atoms with E-state index in [1.165, 1.54) is 5.56 Å². The van der Waals surface area contributed by atoms with Crippen LogP contribution in [0.2, 0.25) is 0 Å². The van der Waals surface area contributed by atoms with Gasteiger partial charge in [0.2, 0.25) is 0 Å². The Bertz CT molecular complexity index is 693. The molecule has 0 spiro atoms. The van der Waals surface area contributed by atoms with E-state index in [2.05, 4.69) is 27.3 Å². The SMILES string of the molecule is C[C@@H](Nc1ccn(CCc2ccncc2)n1)c1ccccn1. The first-order valence-corrected chi connectivity index (χ1v) is 7.41. The van der Waals surface area contributed by atoms with E-state index in [1.807, 2.05) is 59.7 Å². The molecule has 3 heterocycles. The fourth-order valence-corrected chi connectivity index (χ4v) is 2.28. The fraction of sp³-hybridized carbons (Fsp3) is 0.235. The lowest BCUT2D eigenvalue weighted by Crippen LogP contribution is -2.09. The minimum atomic E-state index is 0.129. The molecule has 22 heavy (non-hydrogen) atoms. The van der Waals surface area contributed by atoms with Crippen LogP contribution >= 0.6 is 0 Å². The van der Waals surface area contributed by atoms with Crippen molar-refractivity contribution in [3.05, 3.63) is 72.4 Å². The molecule has 0 aromatic carbocycles. The number of aryl methyl sites for hydroxylation is 2. The van der Waals surface area contributed by atoms with Gasteiger partial charge in [-0.05, 0) is 43.2 Å². The highest BCUT2D eigenvalue weighted by Crippen LogP contribution is 2.15. The van der Waals surface area contributed by atoms with Crippen molar-refractivity contribution in [3.8, 4) is 0 Å². The summed E-state index contributed by atoms with van der Waals surface area (Å²) in [7, 11) is 0. The number of nitrogens with one attached hydrogen (secondary N) is 1. The molecule has 0 radical (unpaired) electrons. The van der Waals surface area contributed by atoms with E-state index in [1.54, 1.807) is 6.20 Å². The van der Waals surface area contributed by atoms with Crippen molar-refractivity contribution in [1.82, 2.24) is 19.7 Å². The van der Waals surface area contributed by atoms with Crippen LogP contribution < -0.4 is 5.32 Å². The highest BCUT2D eigenvalue weighted by molar-refractivity contribution is 5.35. The molecule has 5 nitrogen and oxygen atoms in total. The molecule has 5 heteroatoms. The van der Waals surface area contributed by atoms with Crippen LogP contribution in [0, 0.1) is 0 Å². The summed E-state index contributed by atoms with van der Waals surface area (Å²) in [4.78, 5) is 8.38. The number of hydrogen-bond acceptors (Lipinski definition) is 4. The quantitative estimate of drug-likeness (QED) is 0.759. The molecular weight excluding hydrogens is 274 g/mol. The maximum Gasteiger partial charge on any atom is 0.148 e. The number of pyridine rings is 2. The van der Waals surface area contributed by atoms with Crippen LogP contribution in [0.5, 0.6) is 0 Å². The van der Waals surface area contributed by atoms with Gasteiger partial charge in [0, 0.05) is 37.4 Å². The zero-order valence-corrected chi connectivity index (χ0v) is 12.6. The molecule has 0 aliphatic rings. The molecule has 0 amide bonds. The lowest BCUT2D eigenvalue weighted by atomic mass is 10.2. The lowest BCUT2D eigenvalue weighted by Gasteiger charge is -2.12. The summed E-state index contributed by atoms with van der Waals surface area (Å²) in [5.74, 6) is 0.868. The van der Waals surface area contributed by atoms with Crippen LogP contribution in [0.25, 0.3) is 0 Å². The largest absolute Gasteiger partial charge is 0.361 e. The molecule has 0 aliphatic heterocycles. The maximum atomic E-state index is 4.55. The average molecular weight is 293 g/mol. The van der Waals surface area contributed by atoms with E-state index >= 15 is 0 Å². The van der Waals surface area contributed by atoms with Gasteiger partial charge < -0.3 is 5.32 Å². The molecule has 1 atom stereocenters. The standard InChI is InChI=1S/C17H19N5/c1-14(16-4-2-3-9-19-16)20-17-8-13-22(21-17)12-7-15-5-10-18-11-6-15/h2-6,8-11,13-14H,7,12H2,1H3,(H,20,21)/t14-/m1/s1. The van der Waals surface area contributed by atoms with Crippen molar-refractivity contribution in [1.29, 1.82) is 0 Å². The normalized spacial score (nSPS) is 12.0. The molecule has 0 aliphatic carbocycles. The lowest BCUT2D eigenvalue weighted by molar-refractivity contribution is 0.614. The van der Waals surface area contributed by atoms with E-state index in [0.29, 0.717) is 0 Å². The van der Waals surface area contributed by atoms with E-state index < -0.39 is 0 Å². The summed E-state index contributed by atoms with van der Waals surface area (Å²) >= 11 is 0. The van der Waals surface area contributed by atoms with E-state index in [0.717, 1.165) is 24.5 Å².